The van der Waals surface area contributed by atoms with Gasteiger partial charge in [0.15, 0.2) is 0 Å². The third-order valence-electron chi connectivity index (χ3n) is 2.70. The second-order valence-corrected chi connectivity index (χ2v) is 3.94. The van der Waals surface area contributed by atoms with Crippen molar-refractivity contribution < 1.29 is 9.47 Å². The summed E-state index contributed by atoms with van der Waals surface area (Å²) in [6.45, 7) is 2.47. The lowest BCUT2D eigenvalue weighted by Gasteiger charge is -2.22. The second-order valence-electron chi connectivity index (χ2n) is 3.94. The molecule has 2 rings (SSSR count). The van der Waals surface area contributed by atoms with E-state index in [1.54, 1.807) is 0 Å². The third kappa shape index (κ3) is 3.42. The number of anilines is 2. The Labute approximate surface area is 99.8 Å². The number of hydrogen-bond donors (Lipinski definition) is 2. The van der Waals surface area contributed by atoms with Crippen LogP contribution in [0.1, 0.15) is 12.8 Å². The van der Waals surface area contributed by atoms with Crippen LogP contribution in [0.15, 0.2) is 0 Å². The van der Waals surface area contributed by atoms with Gasteiger partial charge in [-0.3, -0.25) is 0 Å². The monoisotopic (exact) mass is 239 g/mol. The fourth-order valence-corrected chi connectivity index (χ4v) is 1.73. The van der Waals surface area contributed by atoms with Crippen molar-refractivity contribution in [3.05, 3.63) is 0 Å². The SMILES string of the molecule is COc1nc(N)nc(NCC2CCOCC2)n1. The molecule has 1 aliphatic rings. The summed E-state index contributed by atoms with van der Waals surface area (Å²) in [5.74, 6) is 1.21. The van der Waals surface area contributed by atoms with Crippen LogP contribution in [0.5, 0.6) is 6.01 Å². The molecule has 1 fully saturated rings. The predicted molar refractivity (Wildman–Crippen MR) is 62.8 cm³/mol. The first kappa shape index (κ1) is 11.8. The fourth-order valence-electron chi connectivity index (χ4n) is 1.73. The van der Waals surface area contributed by atoms with Crippen molar-refractivity contribution in [3.63, 3.8) is 0 Å². The van der Waals surface area contributed by atoms with Crippen LogP contribution in [0.4, 0.5) is 11.9 Å². The van der Waals surface area contributed by atoms with Crippen molar-refractivity contribution in [2.45, 2.75) is 12.8 Å². The minimum Gasteiger partial charge on any atom is -0.467 e. The first-order chi connectivity index (χ1) is 8.28. The molecule has 0 amide bonds. The number of nitrogens with zero attached hydrogens (tertiary/aromatic N) is 3. The lowest BCUT2D eigenvalue weighted by molar-refractivity contribution is 0.0699. The Morgan fingerprint density at radius 1 is 1.35 bits per heavy atom. The van der Waals surface area contributed by atoms with Crippen molar-refractivity contribution >= 4 is 11.9 Å². The number of nitrogens with two attached hydrogens (primary N) is 1. The molecule has 7 nitrogen and oxygen atoms in total. The zero-order valence-electron chi connectivity index (χ0n) is 9.85. The Hall–Kier alpha value is -1.63. The molecule has 17 heavy (non-hydrogen) atoms. The Balaban J connectivity index is 1.91. The molecule has 0 radical (unpaired) electrons. The van der Waals surface area contributed by atoms with Gasteiger partial charge in [0.25, 0.3) is 0 Å². The van der Waals surface area contributed by atoms with Gasteiger partial charge < -0.3 is 20.5 Å². The van der Waals surface area contributed by atoms with Gasteiger partial charge in [0.2, 0.25) is 11.9 Å². The van der Waals surface area contributed by atoms with Gasteiger partial charge in [-0.1, -0.05) is 0 Å². The Morgan fingerprint density at radius 3 is 2.82 bits per heavy atom. The Morgan fingerprint density at radius 2 is 2.12 bits per heavy atom. The molecule has 0 bridgehead atoms. The highest BCUT2D eigenvalue weighted by molar-refractivity contribution is 5.32. The first-order valence-electron chi connectivity index (χ1n) is 5.65. The number of hydrogen-bond acceptors (Lipinski definition) is 7. The molecule has 0 aromatic carbocycles. The molecule has 1 aromatic heterocycles. The number of methoxy groups -OCH3 is 1. The van der Waals surface area contributed by atoms with Crippen LogP contribution in [0.3, 0.4) is 0 Å². The van der Waals surface area contributed by atoms with E-state index < -0.39 is 0 Å². The maximum Gasteiger partial charge on any atom is 0.322 e. The molecule has 1 aliphatic heterocycles. The zero-order valence-corrected chi connectivity index (χ0v) is 9.85. The van der Waals surface area contributed by atoms with Gasteiger partial charge in [-0.05, 0) is 18.8 Å². The summed E-state index contributed by atoms with van der Waals surface area (Å²) in [5, 5.41) is 3.15. The number of nitrogen functional groups attached to an aromatic ring is 1. The molecule has 7 heteroatoms. The van der Waals surface area contributed by atoms with Crippen molar-refractivity contribution in [1.29, 1.82) is 0 Å². The zero-order chi connectivity index (χ0) is 12.1. The molecule has 0 spiro atoms. The summed E-state index contributed by atoms with van der Waals surface area (Å²) < 4.78 is 10.2. The number of nitrogens with one attached hydrogen (secondary N) is 1. The summed E-state index contributed by atoms with van der Waals surface area (Å²) in [6.07, 6.45) is 2.12. The molecule has 0 atom stereocenters. The van der Waals surface area contributed by atoms with Gasteiger partial charge >= 0.3 is 6.01 Å². The van der Waals surface area contributed by atoms with E-state index in [4.69, 9.17) is 15.2 Å². The van der Waals surface area contributed by atoms with Crippen molar-refractivity contribution in [3.8, 4) is 6.01 Å². The molecule has 94 valence electrons. The summed E-state index contributed by atoms with van der Waals surface area (Å²) in [5.41, 5.74) is 5.54. The number of aromatic nitrogens is 3. The molecule has 0 aliphatic carbocycles. The molecule has 0 unspecified atom stereocenters. The van der Waals surface area contributed by atoms with Gasteiger partial charge in [0.1, 0.15) is 0 Å². The van der Waals surface area contributed by atoms with E-state index in [0.29, 0.717) is 11.9 Å². The highest BCUT2D eigenvalue weighted by Gasteiger charge is 2.14. The Bertz CT molecular complexity index is 368. The summed E-state index contributed by atoms with van der Waals surface area (Å²) in [7, 11) is 1.50. The van der Waals surface area contributed by atoms with Crippen LogP contribution in [0, 0.1) is 5.92 Å². The van der Waals surface area contributed by atoms with Crippen molar-refractivity contribution in [1.82, 2.24) is 15.0 Å². The van der Waals surface area contributed by atoms with E-state index in [2.05, 4.69) is 20.3 Å². The average molecular weight is 239 g/mol. The lowest BCUT2D eigenvalue weighted by Crippen LogP contribution is -2.23. The first-order valence-corrected chi connectivity index (χ1v) is 5.65. The highest BCUT2D eigenvalue weighted by Crippen LogP contribution is 2.15. The van der Waals surface area contributed by atoms with Gasteiger partial charge in [-0.25, -0.2) is 0 Å². The van der Waals surface area contributed by atoms with Crippen molar-refractivity contribution in [2.75, 3.05) is 37.9 Å². The standard InChI is InChI=1S/C10H17N5O2/c1-16-10-14-8(11)13-9(15-10)12-6-7-2-4-17-5-3-7/h7H,2-6H2,1H3,(H3,11,12,13,14,15). The van der Waals surface area contributed by atoms with Gasteiger partial charge in [0.05, 0.1) is 7.11 Å². The minimum absolute atomic E-state index is 0.159. The molecule has 2 heterocycles. The summed E-state index contributed by atoms with van der Waals surface area (Å²) >= 11 is 0. The van der Waals surface area contributed by atoms with E-state index >= 15 is 0 Å². The largest absolute Gasteiger partial charge is 0.467 e. The predicted octanol–water partition coefficient (Wildman–Crippen LogP) is 0.301. The maximum atomic E-state index is 5.54. The van der Waals surface area contributed by atoms with Gasteiger partial charge in [-0.15, -0.1) is 0 Å². The number of rotatable bonds is 4. The molecular formula is C10H17N5O2. The average Bonchev–Trinajstić information content (AvgIpc) is 2.37. The molecule has 1 saturated heterocycles. The van der Waals surface area contributed by atoms with Gasteiger partial charge in [0, 0.05) is 19.8 Å². The van der Waals surface area contributed by atoms with Crippen LogP contribution in [-0.4, -0.2) is 41.8 Å². The van der Waals surface area contributed by atoms with E-state index in [-0.39, 0.29) is 12.0 Å². The normalized spacial score (nSPS) is 16.8. The summed E-state index contributed by atoms with van der Waals surface area (Å²) in [6, 6.07) is 0.229. The second kappa shape index (κ2) is 5.62. The quantitative estimate of drug-likeness (QED) is 0.780. The molecule has 3 N–H and O–H groups in total. The van der Waals surface area contributed by atoms with E-state index in [1.807, 2.05) is 0 Å². The van der Waals surface area contributed by atoms with Crippen LogP contribution >= 0.6 is 0 Å². The van der Waals surface area contributed by atoms with Crippen LogP contribution in [0.25, 0.3) is 0 Å². The third-order valence-corrected chi connectivity index (χ3v) is 2.70. The van der Waals surface area contributed by atoms with Crippen molar-refractivity contribution in [2.24, 2.45) is 5.92 Å². The highest BCUT2D eigenvalue weighted by atomic mass is 16.5. The molecule has 0 saturated carbocycles. The Kier molecular flexibility index (Phi) is 3.92. The van der Waals surface area contributed by atoms with E-state index in [9.17, 15) is 0 Å². The summed E-state index contributed by atoms with van der Waals surface area (Å²) in [4.78, 5) is 11.9. The van der Waals surface area contributed by atoms with Crippen LogP contribution in [0.2, 0.25) is 0 Å². The van der Waals surface area contributed by atoms with Crippen LogP contribution in [-0.2, 0) is 4.74 Å². The maximum absolute atomic E-state index is 5.54. The molecular weight excluding hydrogens is 222 g/mol. The minimum atomic E-state index is 0.159. The van der Waals surface area contributed by atoms with Gasteiger partial charge in [-0.2, -0.15) is 15.0 Å². The lowest BCUT2D eigenvalue weighted by atomic mass is 10.0. The topological polar surface area (TPSA) is 95.2 Å². The van der Waals surface area contributed by atoms with Crippen LogP contribution < -0.4 is 15.8 Å². The smallest absolute Gasteiger partial charge is 0.322 e. The fraction of sp³-hybridized carbons (Fsp3) is 0.700. The van der Waals surface area contributed by atoms with E-state index in [0.717, 1.165) is 32.6 Å². The van der Waals surface area contributed by atoms with E-state index in [1.165, 1.54) is 7.11 Å². The number of ether oxygens (including phenoxy) is 2. The molecule has 1 aromatic rings.